The maximum Gasteiger partial charge on any atom is 0.241 e. The zero-order chi connectivity index (χ0) is 11.7. The van der Waals surface area contributed by atoms with Crippen LogP contribution in [0, 0.1) is 6.92 Å². The normalized spacial score (nSPS) is 10.7. The van der Waals surface area contributed by atoms with Gasteiger partial charge in [0.15, 0.2) is 0 Å². The van der Waals surface area contributed by atoms with E-state index in [4.69, 9.17) is 0 Å². The Labute approximate surface area is 95.3 Å². The summed E-state index contributed by atoms with van der Waals surface area (Å²) in [6, 6.07) is 8.15. The van der Waals surface area contributed by atoms with E-state index in [2.05, 4.69) is 13.0 Å². The number of carbonyl (C=O) groups is 1. The number of rotatable bonds is 2. The molecule has 1 heterocycles. The van der Waals surface area contributed by atoms with Crippen molar-refractivity contribution in [1.29, 1.82) is 0 Å². The number of aromatic nitrogens is 1. The van der Waals surface area contributed by atoms with E-state index in [0.29, 0.717) is 6.54 Å². The lowest BCUT2D eigenvalue weighted by Gasteiger charge is -2.11. The van der Waals surface area contributed by atoms with Crippen LogP contribution in [0.2, 0.25) is 0 Å². The number of amides is 1. The van der Waals surface area contributed by atoms with Crippen molar-refractivity contribution in [2.45, 2.75) is 13.5 Å². The van der Waals surface area contributed by atoms with Crippen LogP contribution in [0.3, 0.4) is 0 Å². The standard InChI is InChI=1S/C13H16N2O/c1-10-8-15(9-13(16)14(2)3)12-7-5-4-6-11(10)12/h4-8H,9H2,1-3H3. The highest BCUT2D eigenvalue weighted by Crippen LogP contribution is 2.20. The molecule has 0 aliphatic rings. The Kier molecular flexibility index (Phi) is 2.69. The van der Waals surface area contributed by atoms with Crippen molar-refractivity contribution in [1.82, 2.24) is 9.47 Å². The van der Waals surface area contributed by atoms with Crippen LogP contribution in [0.4, 0.5) is 0 Å². The predicted octanol–water partition coefficient (Wildman–Crippen LogP) is 2.04. The number of carbonyl (C=O) groups excluding carboxylic acids is 1. The number of likely N-dealkylation sites (N-methyl/N-ethyl adjacent to an activating group) is 1. The number of nitrogens with zero attached hydrogens (tertiary/aromatic N) is 2. The minimum absolute atomic E-state index is 0.112. The summed E-state index contributed by atoms with van der Waals surface area (Å²) in [7, 11) is 3.56. The molecule has 0 aliphatic heterocycles. The van der Waals surface area contributed by atoms with Gasteiger partial charge in [-0.05, 0) is 18.6 Å². The molecular formula is C13H16N2O. The first-order chi connectivity index (χ1) is 7.59. The highest BCUT2D eigenvalue weighted by molar-refractivity contribution is 5.85. The van der Waals surface area contributed by atoms with Gasteiger partial charge in [0.25, 0.3) is 0 Å². The van der Waals surface area contributed by atoms with E-state index in [9.17, 15) is 4.79 Å². The topological polar surface area (TPSA) is 25.2 Å². The molecule has 0 radical (unpaired) electrons. The van der Waals surface area contributed by atoms with Gasteiger partial charge in [0.1, 0.15) is 6.54 Å². The van der Waals surface area contributed by atoms with Crippen molar-refractivity contribution in [3.63, 3.8) is 0 Å². The van der Waals surface area contributed by atoms with Gasteiger partial charge in [-0.3, -0.25) is 4.79 Å². The first-order valence-corrected chi connectivity index (χ1v) is 5.34. The lowest BCUT2D eigenvalue weighted by molar-refractivity contribution is -0.129. The molecule has 0 spiro atoms. The molecule has 0 N–H and O–H groups in total. The zero-order valence-electron chi connectivity index (χ0n) is 9.90. The first kappa shape index (κ1) is 10.7. The van der Waals surface area contributed by atoms with Crippen LogP contribution < -0.4 is 0 Å². The van der Waals surface area contributed by atoms with E-state index in [1.807, 2.05) is 29.0 Å². The van der Waals surface area contributed by atoms with Crippen molar-refractivity contribution in [2.75, 3.05) is 14.1 Å². The second kappa shape index (κ2) is 4.00. The zero-order valence-corrected chi connectivity index (χ0v) is 9.90. The number of hydrogen-bond acceptors (Lipinski definition) is 1. The second-order valence-corrected chi connectivity index (χ2v) is 4.25. The van der Waals surface area contributed by atoms with Gasteiger partial charge in [-0.15, -0.1) is 0 Å². The highest BCUT2D eigenvalue weighted by atomic mass is 16.2. The maximum absolute atomic E-state index is 11.7. The summed E-state index contributed by atoms with van der Waals surface area (Å²) in [6.07, 6.45) is 2.03. The summed E-state index contributed by atoms with van der Waals surface area (Å²) in [5.41, 5.74) is 2.33. The van der Waals surface area contributed by atoms with Gasteiger partial charge in [-0.1, -0.05) is 18.2 Å². The molecule has 0 bridgehead atoms. The molecule has 0 saturated heterocycles. The Morgan fingerprint density at radius 2 is 2.00 bits per heavy atom. The fourth-order valence-corrected chi connectivity index (χ4v) is 1.85. The third kappa shape index (κ3) is 1.81. The molecule has 1 amide bonds. The molecule has 2 aromatic rings. The van der Waals surface area contributed by atoms with Crippen molar-refractivity contribution < 1.29 is 4.79 Å². The van der Waals surface area contributed by atoms with E-state index < -0.39 is 0 Å². The number of fused-ring (bicyclic) bond motifs is 1. The molecule has 0 atom stereocenters. The average molecular weight is 216 g/mol. The largest absolute Gasteiger partial charge is 0.347 e. The number of para-hydroxylation sites is 1. The van der Waals surface area contributed by atoms with Gasteiger partial charge in [0, 0.05) is 31.2 Å². The fourth-order valence-electron chi connectivity index (χ4n) is 1.85. The lowest BCUT2D eigenvalue weighted by atomic mass is 10.2. The predicted molar refractivity (Wildman–Crippen MR) is 65.4 cm³/mol. The first-order valence-electron chi connectivity index (χ1n) is 5.34. The second-order valence-electron chi connectivity index (χ2n) is 4.25. The quantitative estimate of drug-likeness (QED) is 0.754. The van der Waals surface area contributed by atoms with E-state index in [1.165, 1.54) is 10.9 Å². The molecule has 2 rings (SSSR count). The lowest BCUT2D eigenvalue weighted by Crippen LogP contribution is -2.25. The summed E-state index contributed by atoms with van der Waals surface area (Å²) >= 11 is 0. The molecular weight excluding hydrogens is 200 g/mol. The Balaban J connectivity index is 2.42. The molecule has 3 heteroatoms. The van der Waals surface area contributed by atoms with Crippen LogP contribution in [0.1, 0.15) is 5.56 Å². The van der Waals surface area contributed by atoms with Gasteiger partial charge in [-0.25, -0.2) is 0 Å². The Morgan fingerprint density at radius 3 is 2.69 bits per heavy atom. The summed E-state index contributed by atoms with van der Waals surface area (Å²) in [5.74, 6) is 0.112. The Hall–Kier alpha value is -1.77. The molecule has 0 unspecified atom stereocenters. The van der Waals surface area contributed by atoms with Gasteiger partial charge in [0.2, 0.25) is 5.91 Å². The molecule has 1 aromatic carbocycles. The highest BCUT2D eigenvalue weighted by Gasteiger charge is 2.09. The smallest absolute Gasteiger partial charge is 0.241 e. The molecule has 16 heavy (non-hydrogen) atoms. The Morgan fingerprint density at radius 1 is 1.31 bits per heavy atom. The molecule has 0 saturated carbocycles. The van der Waals surface area contributed by atoms with E-state index in [-0.39, 0.29) is 5.91 Å². The molecule has 84 valence electrons. The van der Waals surface area contributed by atoms with Crippen LogP contribution in [0.5, 0.6) is 0 Å². The van der Waals surface area contributed by atoms with Crippen LogP contribution >= 0.6 is 0 Å². The van der Waals surface area contributed by atoms with Crippen LogP contribution in [-0.4, -0.2) is 29.5 Å². The van der Waals surface area contributed by atoms with E-state index in [0.717, 1.165) is 5.52 Å². The van der Waals surface area contributed by atoms with Crippen LogP contribution in [-0.2, 0) is 11.3 Å². The van der Waals surface area contributed by atoms with Gasteiger partial charge in [0.05, 0.1) is 0 Å². The third-order valence-electron chi connectivity index (χ3n) is 2.79. The Bertz CT molecular complexity index is 526. The summed E-state index contributed by atoms with van der Waals surface area (Å²) in [4.78, 5) is 13.3. The minimum atomic E-state index is 0.112. The van der Waals surface area contributed by atoms with Gasteiger partial charge < -0.3 is 9.47 Å². The van der Waals surface area contributed by atoms with Crippen molar-refractivity contribution >= 4 is 16.8 Å². The SMILES string of the molecule is Cc1cn(CC(=O)N(C)C)c2ccccc12. The third-order valence-corrected chi connectivity index (χ3v) is 2.79. The van der Waals surface area contributed by atoms with Gasteiger partial charge in [-0.2, -0.15) is 0 Å². The summed E-state index contributed by atoms with van der Waals surface area (Å²) < 4.78 is 2.01. The monoisotopic (exact) mass is 216 g/mol. The number of benzene rings is 1. The summed E-state index contributed by atoms with van der Waals surface area (Å²) in [5, 5.41) is 1.22. The maximum atomic E-state index is 11.7. The minimum Gasteiger partial charge on any atom is -0.347 e. The van der Waals surface area contributed by atoms with E-state index >= 15 is 0 Å². The average Bonchev–Trinajstić information content (AvgIpc) is 2.57. The van der Waals surface area contributed by atoms with Gasteiger partial charge >= 0.3 is 0 Å². The number of hydrogen-bond donors (Lipinski definition) is 0. The molecule has 0 fully saturated rings. The van der Waals surface area contributed by atoms with Crippen molar-refractivity contribution in [3.05, 3.63) is 36.0 Å². The van der Waals surface area contributed by atoms with Crippen molar-refractivity contribution in [3.8, 4) is 0 Å². The van der Waals surface area contributed by atoms with Crippen molar-refractivity contribution in [2.24, 2.45) is 0 Å². The summed E-state index contributed by atoms with van der Waals surface area (Å²) in [6.45, 7) is 2.47. The molecule has 3 nitrogen and oxygen atoms in total. The molecule has 1 aromatic heterocycles. The fraction of sp³-hybridized carbons (Fsp3) is 0.308. The van der Waals surface area contributed by atoms with Crippen LogP contribution in [0.25, 0.3) is 10.9 Å². The van der Waals surface area contributed by atoms with Crippen LogP contribution in [0.15, 0.2) is 30.5 Å². The molecule has 0 aliphatic carbocycles. The van der Waals surface area contributed by atoms with E-state index in [1.54, 1.807) is 19.0 Å². The number of aryl methyl sites for hydroxylation is 1.